The van der Waals surface area contributed by atoms with Crippen molar-refractivity contribution in [1.29, 1.82) is 0 Å². The molecule has 2 fully saturated rings. The zero-order valence-corrected chi connectivity index (χ0v) is 14.7. The summed E-state index contributed by atoms with van der Waals surface area (Å²) in [6, 6.07) is 2.52. The minimum Gasteiger partial charge on any atom is -0.396 e. The number of urea groups is 1. The van der Waals surface area contributed by atoms with Crippen LogP contribution in [0.15, 0.2) is 12.3 Å². The summed E-state index contributed by atoms with van der Waals surface area (Å²) < 4.78 is 2.06. The number of hydrogen-bond acceptors (Lipinski definition) is 3. The highest BCUT2D eigenvalue weighted by molar-refractivity contribution is 5.74. The highest BCUT2D eigenvalue weighted by Gasteiger charge is 2.33. The van der Waals surface area contributed by atoms with Crippen LogP contribution in [-0.4, -0.2) is 45.5 Å². The summed E-state index contributed by atoms with van der Waals surface area (Å²) in [6.07, 6.45) is 9.77. The van der Waals surface area contributed by atoms with Crippen LogP contribution in [0.3, 0.4) is 0 Å². The van der Waals surface area contributed by atoms with Crippen LogP contribution >= 0.6 is 0 Å². The van der Waals surface area contributed by atoms with Gasteiger partial charge in [-0.3, -0.25) is 4.68 Å². The molecule has 1 aromatic rings. The summed E-state index contributed by atoms with van der Waals surface area (Å²) in [7, 11) is 0. The number of nitrogens with one attached hydrogen (secondary N) is 1. The van der Waals surface area contributed by atoms with Gasteiger partial charge in [-0.05, 0) is 43.6 Å². The Morgan fingerprint density at radius 1 is 1.38 bits per heavy atom. The standard InChI is InChI=1S/C18H30N4O2/c1-2-18(14-23)8-11-21(12-9-18)17(24)19-13-15-7-10-22(20-15)16-5-3-4-6-16/h7,10,16,23H,2-6,8-9,11-14H2,1H3,(H,19,24). The Labute approximate surface area is 144 Å². The van der Waals surface area contributed by atoms with Gasteiger partial charge in [0.25, 0.3) is 0 Å². The fourth-order valence-corrected chi connectivity index (χ4v) is 3.93. The fourth-order valence-electron chi connectivity index (χ4n) is 3.93. The van der Waals surface area contributed by atoms with Crippen LogP contribution in [0, 0.1) is 5.41 Å². The largest absolute Gasteiger partial charge is 0.396 e. The first-order valence-corrected chi connectivity index (χ1v) is 9.33. The maximum atomic E-state index is 12.3. The molecule has 1 saturated carbocycles. The minimum absolute atomic E-state index is 0.0108. The molecule has 0 spiro atoms. The third kappa shape index (κ3) is 3.74. The van der Waals surface area contributed by atoms with Crippen molar-refractivity contribution >= 4 is 6.03 Å². The number of amides is 2. The van der Waals surface area contributed by atoms with Crippen LogP contribution in [0.25, 0.3) is 0 Å². The number of rotatable bonds is 5. The normalized spacial score (nSPS) is 21.2. The van der Waals surface area contributed by atoms with E-state index in [0.717, 1.165) is 38.0 Å². The predicted octanol–water partition coefficient (Wildman–Crippen LogP) is 2.69. The van der Waals surface area contributed by atoms with Crippen molar-refractivity contribution in [1.82, 2.24) is 20.0 Å². The van der Waals surface area contributed by atoms with Gasteiger partial charge in [-0.2, -0.15) is 5.10 Å². The van der Waals surface area contributed by atoms with Crippen LogP contribution in [0.5, 0.6) is 0 Å². The number of nitrogens with zero attached hydrogens (tertiary/aromatic N) is 3. The lowest BCUT2D eigenvalue weighted by molar-refractivity contribution is 0.0519. The van der Waals surface area contributed by atoms with Crippen molar-refractivity contribution < 1.29 is 9.90 Å². The molecule has 0 radical (unpaired) electrons. The molecule has 2 N–H and O–H groups in total. The zero-order valence-electron chi connectivity index (χ0n) is 14.7. The topological polar surface area (TPSA) is 70.4 Å². The molecule has 0 unspecified atom stereocenters. The maximum Gasteiger partial charge on any atom is 0.317 e. The molecule has 24 heavy (non-hydrogen) atoms. The van der Waals surface area contributed by atoms with Crippen LogP contribution in [-0.2, 0) is 6.54 Å². The summed E-state index contributed by atoms with van der Waals surface area (Å²) >= 11 is 0. The summed E-state index contributed by atoms with van der Waals surface area (Å²) in [5.74, 6) is 0. The number of hydrogen-bond donors (Lipinski definition) is 2. The van der Waals surface area contributed by atoms with Gasteiger partial charge in [-0.25, -0.2) is 4.79 Å². The molecule has 2 aliphatic rings. The number of likely N-dealkylation sites (tertiary alicyclic amines) is 1. The third-order valence-corrected chi connectivity index (χ3v) is 5.98. The third-order valence-electron chi connectivity index (χ3n) is 5.98. The Hall–Kier alpha value is -1.56. The molecule has 1 aliphatic heterocycles. The average Bonchev–Trinajstić information content (AvgIpc) is 3.31. The molecular formula is C18H30N4O2. The van der Waals surface area contributed by atoms with Crippen LogP contribution in [0.4, 0.5) is 4.79 Å². The monoisotopic (exact) mass is 334 g/mol. The molecule has 2 heterocycles. The van der Waals surface area contributed by atoms with Gasteiger partial charge < -0.3 is 15.3 Å². The van der Waals surface area contributed by atoms with Gasteiger partial charge in [0.2, 0.25) is 0 Å². The first-order chi connectivity index (χ1) is 11.7. The van der Waals surface area contributed by atoms with Crippen LogP contribution < -0.4 is 5.32 Å². The fraction of sp³-hybridized carbons (Fsp3) is 0.778. The molecular weight excluding hydrogens is 304 g/mol. The van der Waals surface area contributed by atoms with Crippen molar-refractivity contribution in [2.75, 3.05) is 19.7 Å². The lowest BCUT2D eigenvalue weighted by Gasteiger charge is -2.40. The van der Waals surface area contributed by atoms with Crippen molar-refractivity contribution in [3.05, 3.63) is 18.0 Å². The Bertz CT molecular complexity index is 537. The number of carbonyl (C=O) groups is 1. The number of aliphatic hydroxyl groups excluding tert-OH is 1. The van der Waals surface area contributed by atoms with E-state index in [9.17, 15) is 9.90 Å². The van der Waals surface area contributed by atoms with Crippen molar-refractivity contribution in [3.63, 3.8) is 0 Å². The molecule has 1 aromatic heterocycles. The van der Waals surface area contributed by atoms with Crippen molar-refractivity contribution in [2.24, 2.45) is 5.41 Å². The smallest absolute Gasteiger partial charge is 0.317 e. The van der Waals surface area contributed by atoms with Gasteiger partial charge in [-0.15, -0.1) is 0 Å². The second-order valence-corrected chi connectivity index (χ2v) is 7.38. The molecule has 3 rings (SSSR count). The second-order valence-electron chi connectivity index (χ2n) is 7.38. The summed E-state index contributed by atoms with van der Waals surface area (Å²) in [6.45, 7) is 4.26. The highest BCUT2D eigenvalue weighted by Crippen LogP contribution is 2.34. The minimum atomic E-state index is -0.0203. The molecule has 134 valence electrons. The van der Waals surface area contributed by atoms with Gasteiger partial charge >= 0.3 is 6.03 Å². The first kappa shape index (κ1) is 17.3. The molecule has 0 atom stereocenters. The zero-order chi connectivity index (χ0) is 17.0. The molecule has 0 aromatic carbocycles. The lowest BCUT2D eigenvalue weighted by Crippen LogP contribution is -2.48. The van der Waals surface area contributed by atoms with Crippen LogP contribution in [0.1, 0.15) is 63.6 Å². The summed E-state index contributed by atoms with van der Waals surface area (Å²) in [4.78, 5) is 14.2. The quantitative estimate of drug-likeness (QED) is 0.870. The summed E-state index contributed by atoms with van der Waals surface area (Å²) in [5, 5.41) is 17.2. The molecule has 6 nitrogen and oxygen atoms in total. The van der Waals surface area contributed by atoms with Gasteiger partial charge in [0.05, 0.1) is 18.3 Å². The Kier molecular flexibility index (Phi) is 5.43. The summed E-state index contributed by atoms with van der Waals surface area (Å²) in [5.41, 5.74) is 0.933. The number of carbonyl (C=O) groups excluding carboxylic acids is 1. The van der Waals surface area contributed by atoms with E-state index < -0.39 is 0 Å². The van der Waals surface area contributed by atoms with E-state index in [1.807, 2.05) is 17.2 Å². The van der Waals surface area contributed by atoms with Gasteiger partial charge in [0.1, 0.15) is 0 Å². The van der Waals surface area contributed by atoms with Gasteiger partial charge in [0.15, 0.2) is 0 Å². The molecule has 2 amide bonds. The highest BCUT2D eigenvalue weighted by atomic mass is 16.3. The average molecular weight is 334 g/mol. The number of piperidine rings is 1. The van der Waals surface area contributed by atoms with E-state index in [1.54, 1.807) is 0 Å². The second kappa shape index (κ2) is 7.55. The lowest BCUT2D eigenvalue weighted by atomic mass is 9.77. The van der Waals surface area contributed by atoms with E-state index in [0.29, 0.717) is 12.6 Å². The van der Waals surface area contributed by atoms with E-state index in [2.05, 4.69) is 22.0 Å². The Morgan fingerprint density at radius 2 is 2.08 bits per heavy atom. The van der Waals surface area contributed by atoms with Gasteiger partial charge in [0, 0.05) is 25.9 Å². The van der Waals surface area contributed by atoms with E-state index in [4.69, 9.17) is 0 Å². The number of aliphatic hydroxyl groups is 1. The van der Waals surface area contributed by atoms with E-state index >= 15 is 0 Å². The molecule has 0 bridgehead atoms. The maximum absolute atomic E-state index is 12.3. The van der Waals surface area contributed by atoms with Crippen LogP contribution in [0.2, 0.25) is 0 Å². The molecule has 1 saturated heterocycles. The first-order valence-electron chi connectivity index (χ1n) is 9.33. The van der Waals surface area contributed by atoms with E-state index in [-0.39, 0.29) is 18.1 Å². The SMILES string of the molecule is CCC1(CO)CCN(C(=O)NCc2ccn(C3CCCC3)n2)CC1. The number of aromatic nitrogens is 2. The molecule has 1 aliphatic carbocycles. The Balaban J connectivity index is 1.46. The van der Waals surface area contributed by atoms with Gasteiger partial charge in [-0.1, -0.05) is 19.8 Å². The van der Waals surface area contributed by atoms with Crippen molar-refractivity contribution in [2.45, 2.75) is 64.5 Å². The van der Waals surface area contributed by atoms with E-state index in [1.165, 1.54) is 25.7 Å². The van der Waals surface area contributed by atoms with Crippen molar-refractivity contribution in [3.8, 4) is 0 Å². The molecule has 6 heteroatoms. The predicted molar refractivity (Wildman–Crippen MR) is 92.6 cm³/mol. The Morgan fingerprint density at radius 3 is 2.71 bits per heavy atom.